The van der Waals surface area contributed by atoms with E-state index in [0.717, 1.165) is 11.1 Å². The number of carbonyl (C=O) groups excluding carboxylic acids is 1. The van der Waals surface area contributed by atoms with Gasteiger partial charge in [-0.05, 0) is 48.7 Å². The fraction of sp³-hybridized carbons (Fsp3) is 0.345. The highest BCUT2D eigenvalue weighted by molar-refractivity contribution is 5.70. The van der Waals surface area contributed by atoms with Crippen LogP contribution in [0.1, 0.15) is 24.2 Å². The fourth-order valence-corrected chi connectivity index (χ4v) is 3.86. The Hall–Kier alpha value is -3.39. The highest BCUT2D eigenvalue weighted by Gasteiger charge is 2.22. The van der Waals surface area contributed by atoms with Crippen LogP contribution in [0.15, 0.2) is 84.9 Å². The summed E-state index contributed by atoms with van der Waals surface area (Å²) in [5, 5.41) is 21.6. The normalized spacial score (nSPS) is 13.6. The van der Waals surface area contributed by atoms with E-state index in [0.29, 0.717) is 31.0 Å². The van der Waals surface area contributed by atoms with Gasteiger partial charge in [0.15, 0.2) is 6.61 Å². The topological polar surface area (TPSA) is 88.5 Å². The molecular weight excluding hydrogens is 458 g/mol. The van der Waals surface area contributed by atoms with E-state index < -0.39 is 18.2 Å². The van der Waals surface area contributed by atoms with Crippen LogP contribution < -0.4 is 9.47 Å². The molecule has 0 heterocycles. The first-order chi connectivity index (χ1) is 17.4. The summed E-state index contributed by atoms with van der Waals surface area (Å²) in [6.45, 7) is 2.80. The lowest BCUT2D eigenvalue weighted by Crippen LogP contribution is -2.44. The van der Waals surface area contributed by atoms with Crippen molar-refractivity contribution in [1.82, 2.24) is 4.90 Å². The Morgan fingerprint density at radius 2 is 1.44 bits per heavy atom. The van der Waals surface area contributed by atoms with Crippen molar-refractivity contribution in [3.8, 4) is 11.5 Å². The van der Waals surface area contributed by atoms with E-state index in [1.54, 1.807) is 0 Å². The number of hydrogen-bond acceptors (Lipinski definition) is 7. The average molecular weight is 494 g/mol. The van der Waals surface area contributed by atoms with E-state index in [2.05, 4.69) is 16.6 Å². The zero-order chi connectivity index (χ0) is 25.8. The number of aliphatic hydroxyl groups is 2. The van der Waals surface area contributed by atoms with Gasteiger partial charge in [0.1, 0.15) is 24.2 Å². The van der Waals surface area contributed by atoms with Gasteiger partial charge in [0, 0.05) is 19.1 Å². The van der Waals surface area contributed by atoms with Gasteiger partial charge in [0.25, 0.3) is 0 Å². The maximum atomic E-state index is 11.3. The second kappa shape index (κ2) is 14.2. The fourth-order valence-electron chi connectivity index (χ4n) is 3.86. The van der Waals surface area contributed by atoms with Crippen molar-refractivity contribution in [2.24, 2.45) is 0 Å². The number of aliphatic hydroxyl groups excluding tert-OH is 2. The van der Waals surface area contributed by atoms with Gasteiger partial charge >= 0.3 is 5.97 Å². The Kier molecular flexibility index (Phi) is 10.8. The molecule has 0 aromatic heterocycles. The van der Waals surface area contributed by atoms with Crippen molar-refractivity contribution in [3.63, 3.8) is 0 Å². The number of esters is 1. The van der Waals surface area contributed by atoms with Crippen molar-refractivity contribution >= 4 is 5.97 Å². The highest BCUT2D eigenvalue weighted by atomic mass is 16.6. The van der Waals surface area contributed by atoms with Crippen molar-refractivity contribution in [2.45, 2.75) is 31.6 Å². The number of ether oxygens (including phenoxy) is 3. The Morgan fingerprint density at radius 1 is 0.833 bits per heavy atom. The maximum absolute atomic E-state index is 11.3. The molecule has 0 saturated heterocycles. The van der Waals surface area contributed by atoms with Gasteiger partial charge in [-0.2, -0.15) is 0 Å². The van der Waals surface area contributed by atoms with Crippen molar-refractivity contribution in [1.29, 1.82) is 0 Å². The third kappa shape index (κ3) is 9.00. The van der Waals surface area contributed by atoms with Gasteiger partial charge in [0.2, 0.25) is 0 Å². The van der Waals surface area contributed by atoms with E-state index >= 15 is 0 Å². The summed E-state index contributed by atoms with van der Waals surface area (Å²) in [6.07, 6.45) is -0.722. The molecular formula is C29H35NO6. The van der Waals surface area contributed by atoms with Crippen LogP contribution in [0.25, 0.3) is 0 Å². The van der Waals surface area contributed by atoms with Crippen LogP contribution in [0.2, 0.25) is 0 Å². The molecule has 0 spiro atoms. The number of hydrogen-bond donors (Lipinski definition) is 2. The number of carbonyl (C=O) groups is 1. The molecule has 3 rings (SSSR count). The first-order valence-electron chi connectivity index (χ1n) is 12.1. The summed E-state index contributed by atoms with van der Waals surface area (Å²) in [4.78, 5) is 13.4. The molecule has 3 aromatic carbocycles. The summed E-state index contributed by atoms with van der Waals surface area (Å²) in [7, 11) is 1.32. The number of nitrogens with zero attached hydrogens (tertiary/aromatic N) is 1. The van der Waals surface area contributed by atoms with Gasteiger partial charge in [-0.25, -0.2) is 4.79 Å². The minimum atomic E-state index is -0.732. The molecule has 36 heavy (non-hydrogen) atoms. The molecule has 0 aliphatic carbocycles. The molecule has 3 aromatic rings. The summed E-state index contributed by atoms with van der Waals surface area (Å²) >= 11 is 0. The number of benzene rings is 3. The minimum Gasteiger partial charge on any atom is -0.491 e. The maximum Gasteiger partial charge on any atom is 0.343 e. The molecule has 7 heteroatoms. The Morgan fingerprint density at radius 3 is 2.08 bits per heavy atom. The smallest absolute Gasteiger partial charge is 0.343 e. The quantitative estimate of drug-likeness (QED) is 0.332. The van der Waals surface area contributed by atoms with E-state index in [4.69, 9.17) is 9.47 Å². The second-order valence-electron chi connectivity index (χ2n) is 8.72. The molecule has 0 unspecified atom stereocenters. The Bertz CT molecular complexity index is 1030. The Labute approximate surface area is 212 Å². The van der Waals surface area contributed by atoms with Gasteiger partial charge in [-0.3, -0.25) is 4.90 Å². The van der Waals surface area contributed by atoms with Crippen LogP contribution in [0.5, 0.6) is 11.5 Å². The van der Waals surface area contributed by atoms with Gasteiger partial charge < -0.3 is 24.4 Å². The van der Waals surface area contributed by atoms with Crippen molar-refractivity contribution < 1.29 is 29.2 Å². The average Bonchev–Trinajstić information content (AvgIpc) is 2.92. The third-order valence-corrected chi connectivity index (χ3v) is 5.88. The molecule has 7 nitrogen and oxygen atoms in total. The molecule has 0 aliphatic rings. The monoisotopic (exact) mass is 493 g/mol. The lowest BCUT2D eigenvalue weighted by Gasteiger charge is -2.33. The SMILES string of the molecule is COC(=O)COc1ccc(C[C@@H](C)N(C[C@H](O)COc2ccccc2)C[C@H](O)c2ccccc2)cc1. The predicted molar refractivity (Wildman–Crippen MR) is 138 cm³/mol. The first-order valence-corrected chi connectivity index (χ1v) is 12.1. The summed E-state index contributed by atoms with van der Waals surface area (Å²) in [5.74, 6) is 0.853. The van der Waals surface area contributed by atoms with Crippen LogP contribution >= 0.6 is 0 Å². The molecule has 0 radical (unpaired) electrons. The molecule has 0 bridgehead atoms. The predicted octanol–water partition coefficient (Wildman–Crippen LogP) is 3.64. The largest absolute Gasteiger partial charge is 0.491 e. The van der Waals surface area contributed by atoms with Crippen molar-refractivity contribution in [2.75, 3.05) is 33.4 Å². The lowest BCUT2D eigenvalue weighted by atomic mass is 10.0. The van der Waals surface area contributed by atoms with Crippen molar-refractivity contribution in [3.05, 3.63) is 96.1 Å². The van der Waals surface area contributed by atoms with Gasteiger partial charge in [0.05, 0.1) is 13.2 Å². The van der Waals surface area contributed by atoms with Crippen LogP contribution in [-0.4, -0.2) is 66.6 Å². The standard InChI is InChI=1S/C29H35NO6/c1-22(17-23-13-15-27(16-14-23)36-21-29(33)34-2)30(19-28(32)24-9-5-3-6-10-24)18-25(31)20-35-26-11-7-4-8-12-26/h3-16,22,25,28,31-32H,17-21H2,1-2H3/t22-,25+,28+/m1/s1. The van der Waals surface area contributed by atoms with E-state index in [-0.39, 0.29) is 19.3 Å². The summed E-state index contributed by atoms with van der Waals surface area (Å²) in [6, 6.07) is 26.5. The van der Waals surface area contributed by atoms with Crippen LogP contribution in [0, 0.1) is 0 Å². The Balaban J connectivity index is 1.63. The van der Waals surface area contributed by atoms with E-state index in [1.165, 1.54) is 7.11 Å². The van der Waals surface area contributed by atoms with Gasteiger partial charge in [-0.1, -0.05) is 60.7 Å². The van der Waals surface area contributed by atoms with Crippen LogP contribution in [0.3, 0.4) is 0 Å². The van der Waals surface area contributed by atoms with E-state index in [1.807, 2.05) is 84.9 Å². The molecule has 0 aliphatic heterocycles. The molecule has 0 saturated carbocycles. The summed E-state index contributed by atoms with van der Waals surface area (Å²) < 4.78 is 15.7. The second-order valence-corrected chi connectivity index (χ2v) is 8.72. The number of rotatable bonds is 14. The first kappa shape index (κ1) is 27.2. The molecule has 192 valence electrons. The number of para-hydroxylation sites is 1. The number of methoxy groups -OCH3 is 1. The van der Waals surface area contributed by atoms with Gasteiger partial charge in [-0.15, -0.1) is 0 Å². The summed E-state index contributed by atoms with van der Waals surface area (Å²) in [5.41, 5.74) is 1.90. The highest BCUT2D eigenvalue weighted by Crippen LogP contribution is 2.19. The molecule has 2 N–H and O–H groups in total. The zero-order valence-corrected chi connectivity index (χ0v) is 20.8. The molecule has 3 atom stereocenters. The molecule has 0 amide bonds. The van der Waals surface area contributed by atoms with E-state index in [9.17, 15) is 15.0 Å². The lowest BCUT2D eigenvalue weighted by molar-refractivity contribution is -0.142. The minimum absolute atomic E-state index is 0.0246. The molecule has 0 fully saturated rings. The van der Waals surface area contributed by atoms with Crippen LogP contribution in [0.4, 0.5) is 0 Å². The zero-order valence-electron chi connectivity index (χ0n) is 20.8. The third-order valence-electron chi connectivity index (χ3n) is 5.88. The van der Waals surface area contributed by atoms with Crippen LogP contribution in [-0.2, 0) is 16.0 Å².